The highest BCUT2D eigenvalue weighted by molar-refractivity contribution is 7.89. The molecule has 1 aliphatic rings. The van der Waals surface area contributed by atoms with Crippen molar-refractivity contribution in [3.05, 3.63) is 23.2 Å². The van der Waals surface area contributed by atoms with Gasteiger partial charge < -0.3 is 10.6 Å². The molecule has 2 rings (SSSR count). The molecule has 0 amide bonds. The number of nitrogen functional groups attached to an aromatic ring is 1. The molecule has 5 nitrogen and oxygen atoms in total. The first-order chi connectivity index (χ1) is 9.36. The lowest BCUT2D eigenvalue weighted by atomic mass is 10.1. The SMILES string of the molecule is CCC1CN(S(=O)(=O)c2ccc(N)c(Cl)c2)CCN1C. The van der Waals surface area contributed by atoms with E-state index in [1.807, 2.05) is 7.05 Å². The summed E-state index contributed by atoms with van der Waals surface area (Å²) in [5.41, 5.74) is 6.01. The van der Waals surface area contributed by atoms with Crippen LogP contribution >= 0.6 is 11.6 Å². The van der Waals surface area contributed by atoms with Crippen molar-refractivity contribution >= 4 is 27.3 Å². The Hall–Kier alpha value is -0.820. The van der Waals surface area contributed by atoms with E-state index in [9.17, 15) is 8.42 Å². The summed E-state index contributed by atoms with van der Waals surface area (Å²) < 4.78 is 26.8. The van der Waals surface area contributed by atoms with Crippen LogP contribution in [0.15, 0.2) is 23.1 Å². The summed E-state index contributed by atoms with van der Waals surface area (Å²) in [6.45, 7) is 3.81. The standard InChI is InChI=1S/C13H20ClN3O2S/c1-3-10-9-17(7-6-16(10)2)20(18,19)11-4-5-13(15)12(14)8-11/h4-5,8,10H,3,6-7,9,15H2,1-2H3. The Labute approximate surface area is 125 Å². The lowest BCUT2D eigenvalue weighted by Gasteiger charge is -2.38. The van der Waals surface area contributed by atoms with Crippen LogP contribution in [-0.2, 0) is 10.0 Å². The normalized spacial score (nSPS) is 22.1. The van der Waals surface area contributed by atoms with Gasteiger partial charge in [-0.3, -0.25) is 0 Å². The Morgan fingerprint density at radius 1 is 1.40 bits per heavy atom. The predicted molar refractivity (Wildman–Crippen MR) is 81.3 cm³/mol. The van der Waals surface area contributed by atoms with Gasteiger partial charge in [0.25, 0.3) is 0 Å². The van der Waals surface area contributed by atoms with Gasteiger partial charge >= 0.3 is 0 Å². The van der Waals surface area contributed by atoms with E-state index >= 15 is 0 Å². The molecule has 0 aromatic heterocycles. The van der Waals surface area contributed by atoms with Gasteiger partial charge in [0.15, 0.2) is 0 Å². The molecule has 1 aromatic carbocycles. The number of likely N-dealkylation sites (N-methyl/N-ethyl adjacent to an activating group) is 1. The average molecular weight is 318 g/mol. The molecule has 0 aliphatic carbocycles. The number of piperazine rings is 1. The van der Waals surface area contributed by atoms with Gasteiger partial charge in [0, 0.05) is 25.7 Å². The van der Waals surface area contributed by atoms with Crippen molar-refractivity contribution in [1.29, 1.82) is 0 Å². The van der Waals surface area contributed by atoms with Crippen molar-refractivity contribution in [3.63, 3.8) is 0 Å². The summed E-state index contributed by atoms with van der Waals surface area (Å²) in [4.78, 5) is 2.40. The van der Waals surface area contributed by atoms with Gasteiger partial charge in [0.05, 0.1) is 15.6 Å². The van der Waals surface area contributed by atoms with Crippen molar-refractivity contribution in [2.24, 2.45) is 0 Å². The zero-order valence-electron chi connectivity index (χ0n) is 11.7. The van der Waals surface area contributed by atoms with Crippen LogP contribution in [0.25, 0.3) is 0 Å². The minimum atomic E-state index is -3.50. The molecule has 1 atom stereocenters. The largest absolute Gasteiger partial charge is 0.398 e. The third-order valence-electron chi connectivity index (χ3n) is 3.82. The molecule has 7 heteroatoms. The highest BCUT2D eigenvalue weighted by atomic mass is 35.5. The lowest BCUT2D eigenvalue weighted by Crippen LogP contribution is -2.52. The first-order valence-electron chi connectivity index (χ1n) is 6.61. The van der Waals surface area contributed by atoms with Crippen LogP contribution in [0.2, 0.25) is 5.02 Å². The van der Waals surface area contributed by atoms with E-state index in [1.165, 1.54) is 22.5 Å². The average Bonchev–Trinajstić information content (AvgIpc) is 2.42. The number of hydrogen-bond donors (Lipinski definition) is 1. The maximum atomic E-state index is 12.6. The van der Waals surface area contributed by atoms with Crippen LogP contribution in [0.4, 0.5) is 5.69 Å². The highest BCUT2D eigenvalue weighted by Gasteiger charge is 2.32. The van der Waals surface area contributed by atoms with Crippen LogP contribution in [0.1, 0.15) is 13.3 Å². The molecule has 1 aliphatic heterocycles. The fourth-order valence-electron chi connectivity index (χ4n) is 2.39. The van der Waals surface area contributed by atoms with Gasteiger partial charge in [-0.05, 0) is 31.7 Å². The number of halogens is 1. The van der Waals surface area contributed by atoms with E-state index in [-0.39, 0.29) is 16.0 Å². The number of nitrogens with zero attached hydrogens (tertiary/aromatic N) is 2. The minimum absolute atomic E-state index is 0.205. The van der Waals surface area contributed by atoms with Crippen molar-refractivity contribution < 1.29 is 8.42 Å². The van der Waals surface area contributed by atoms with Crippen molar-refractivity contribution in [1.82, 2.24) is 9.21 Å². The molecule has 0 saturated carbocycles. The molecule has 1 aromatic rings. The zero-order valence-corrected chi connectivity index (χ0v) is 13.3. The van der Waals surface area contributed by atoms with Crippen LogP contribution < -0.4 is 5.73 Å². The van der Waals surface area contributed by atoms with Crippen LogP contribution in [0, 0.1) is 0 Å². The zero-order chi connectivity index (χ0) is 14.9. The molecule has 0 bridgehead atoms. The van der Waals surface area contributed by atoms with Gasteiger partial charge in [-0.1, -0.05) is 18.5 Å². The molecule has 2 N–H and O–H groups in total. The quantitative estimate of drug-likeness (QED) is 0.861. The smallest absolute Gasteiger partial charge is 0.243 e. The van der Waals surface area contributed by atoms with E-state index < -0.39 is 10.0 Å². The molecule has 1 unspecified atom stereocenters. The topological polar surface area (TPSA) is 66.6 Å². The van der Waals surface area contributed by atoms with Crippen LogP contribution in [-0.4, -0.2) is 50.3 Å². The molecule has 20 heavy (non-hydrogen) atoms. The summed E-state index contributed by atoms with van der Waals surface area (Å²) in [6.07, 6.45) is 0.922. The van der Waals surface area contributed by atoms with Gasteiger partial charge in [0.1, 0.15) is 0 Å². The van der Waals surface area contributed by atoms with Gasteiger partial charge in [0.2, 0.25) is 10.0 Å². The lowest BCUT2D eigenvalue weighted by molar-refractivity contribution is 0.144. The number of rotatable bonds is 3. The highest BCUT2D eigenvalue weighted by Crippen LogP contribution is 2.26. The number of nitrogens with two attached hydrogens (primary N) is 1. The molecule has 112 valence electrons. The first-order valence-corrected chi connectivity index (χ1v) is 8.43. The second kappa shape index (κ2) is 5.89. The molecule has 1 saturated heterocycles. The van der Waals surface area contributed by atoms with Crippen molar-refractivity contribution in [2.45, 2.75) is 24.3 Å². The third kappa shape index (κ3) is 2.93. The second-order valence-corrected chi connectivity index (χ2v) is 7.43. The number of hydrogen-bond acceptors (Lipinski definition) is 4. The molecule has 0 radical (unpaired) electrons. The number of sulfonamides is 1. The number of benzene rings is 1. The second-order valence-electron chi connectivity index (χ2n) is 5.09. The Kier molecular flexibility index (Phi) is 4.59. The van der Waals surface area contributed by atoms with Gasteiger partial charge in [-0.2, -0.15) is 4.31 Å². The van der Waals surface area contributed by atoms with E-state index in [4.69, 9.17) is 17.3 Å². The van der Waals surface area contributed by atoms with Crippen molar-refractivity contribution in [3.8, 4) is 0 Å². The summed E-state index contributed by atoms with van der Waals surface area (Å²) in [5.74, 6) is 0. The summed E-state index contributed by atoms with van der Waals surface area (Å²) in [5, 5.41) is 0.271. The Morgan fingerprint density at radius 2 is 2.10 bits per heavy atom. The summed E-state index contributed by atoms with van der Waals surface area (Å²) >= 11 is 5.92. The van der Waals surface area contributed by atoms with E-state index in [1.54, 1.807) is 0 Å². The molecule has 0 spiro atoms. The minimum Gasteiger partial charge on any atom is -0.398 e. The molecular formula is C13H20ClN3O2S. The fourth-order valence-corrected chi connectivity index (χ4v) is 4.13. The predicted octanol–water partition coefficient (Wildman–Crippen LogP) is 1.64. The van der Waals surface area contributed by atoms with Crippen LogP contribution in [0.5, 0.6) is 0 Å². The van der Waals surface area contributed by atoms with E-state index in [0.717, 1.165) is 13.0 Å². The monoisotopic (exact) mass is 317 g/mol. The van der Waals surface area contributed by atoms with E-state index in [2.05, 4.69) is 11.8 Å². The maximum Gasteiger partial charge on any atom is 0.243 e. The third-order valence-corrected chi connectivity index (χ3v) is 6.01. The Balaban J connectivity index is 2.28. The maximum absolute atomic E-state index is 12.6. The molecular weight excluding hydrogens is 298 g/mol. The Bertz CT molecular complexity index is 591. The first kappa shape index (κ1) is 15.6. The van der Waals surface area contributed by atoms with E-state index in [0.29, 0.717) is 18.8 Å². The summed E-state index contributed by atoms with van der Waals surface area (Å²) in [7, 11) is -1.48. The molecule has 1 fully saturated rings. The number of anilines is 1. The van der Waals surface area contributed by atoms with Crippen LogP contribution in [0.3, 0.4) is 0 Å². The molecule has 1 heterocycles. The Morgan fingerprint density at radius 3 is 2.70 bits per heavy atom. The van der Waals surface area contributed by atoms with Gasteiger partial charge in [-0.15, -0.1) is 0 Å². The van der Waals surface area contributed by atoms with Gasteiger partial charge in [-0.25, -0.2) is 8.42 Å². The fraction of sp³-hybridized carbons (Fsp3) is 0.538. The summed E-state index contributed by atoms with van der Waals surface area (Å²) in [6, 6.07) is 4.71. The van der Waals surface area contributed by atoms with Crippen molar-refractivity contribution in [2.75, 3.05) is 32.4 Å².